The maximum atomic E-state index is 12.8. The van der Waals surface area contributed by atoms with Crippen molar-refractivity contribution in [1.29, 1.82) is 0 Å². The van der Waals surface area contributed by atoms with Gasteiger partial charge >= 0.3 is 0 Å². The lowest BCUT2D eigenvalue weighted by atomic mass is 10.1. The number of amides is 1. The maximum absolute atomic E-state index is 12.8. The van der Waals surface area contributed by atoms with Gasteiger partial charge in [0.05, 0.1) is 6.04 Å². The predicted molar refractivity (Wildman–Crippen MR) is 83.1 cm³/mol. The summed E-state index contributed by atoms with van der Waals surface area (Å²) in [6.45, 7) is 10.6. The van der Waals surface area contributed by atoms with Crippen LogP contribution in [0.25, 0.3) is 0 Å². The average molecular weight is 275 g/mol. The first kappa shape index (κ1) is 15.0. The van der Waals surface area contributed by atoms with E-state index in [4.69, 9.17) is 0 Å². The number of nitrogens with one attached hydrogen (secondary N) is 1. The molecule has 0 radical (unpaired) electrons. The van der Waals surface area contributed by atoms with Crippen LogP contribution in [0.5, 0.6) is 0 Å². The van der Waals surface area contributed by atoms with Crippen LogP contribution in [0.1, 0.15) is 19.4 Å². The molecule has 1 fully saturated rings. The summed E-state index contributed by atoms with van der Waals surface area (Å²) in [5, 5.41) is 3.33. The Balaban J connectivity index is 2.14. The van der Waals surface area contributed by atoms with Gasteiger partial charge < -0.3 is 10.2 Å². The van der Waals surface area contributed by atoms with E-state index in [1.807, 2.05) is 36.9 Å². The Morgan fingerprint density at radius 2 is 2.00 bits per heavy atom. The number of nitrogens with zero attached hydrogens (tertiary/aromatic N) is 2. The molecule has 1 heterocycles. The van der Waals surface area contributed by atoms with Crippen LogP contribution in [0.15, 0.2) is 24.3 Å². The van der Waals surface area contributed by atoms with Gasteiger partial charge in [-0.25, -0.2) is 0 Å². The Kier molecular flexibility index (Phi) is 5.15. The van der Waals surface area contributed by atoms with Crippen LogP contribution in [0.4, 0.5) is 5.69 Å². The first-order chi connectivity index (χ1) is 9.65. The molecule has 1 amide bonds. The lowest BCUT2D eigenvalue weighted by Crippen LogP contribution is -2.53. The molecule has 1 aromatic rings. The molecule has 1 aliphatic heterocycles. The van der Waals surface area contributed by atoms with E-state index < -0.39 is 0 Å². The van der Waals surface area contributed by atoms with Crippen LogP contribution in [0, 0.1) is 6.92 Å². The second-order valence-corrected chi connectivity index (χ2v) is 5.33. The van der Waals surface area contributed by atoms with E-state index in [0.717, 1.165) is 37.4 Å². The third-order valence-electron chi connectivity index (χ3n) is 4.05. The molecule has 1 atom stereocenters. The van der Waals surface area contributed by atoms with E-state index in [9.17, 15) is 4.79 Å². The van der Waals surface area contributed by atoms with Gasteiger partial charge in [-0.05, 0) is 32.4 Å². The summed E-state index contributed by atoms with van der Waals surface area (Å²) in [6.07, 6.45) is 0. The highest BCUT2D eigenvalue weighted by molar-refractivity contribution is 5.97. The quantitative estimate of drug-likeness (QED) is 0.907. The zero-order valence-corrected chi connectivity index (χ0v) is 12.7. The SMILES string of the molecule is CCN(C(=O)C(C)N1CCNCC1)c1ccccc1C. The minimum atomic E-state index is -0.0587. The van der Waals surface area contributed by atoms with E-state index in [-0.39, 0.29) is 11.9 Å². The molecule has 1 saturated heterocycles. The standard InChI is InChI=1S/C16H25N3O/c1-4-19(15-8-6-5-7-13(15)2)16(20)14(3)18-11-9-17-10-12-18/h5-8,14,17H,4,9-12H2,1-3H3. The van der Waals surface area contributed by atoms with Crippen molar-refractivity contribution in [1.82, 2.24) is 10.2 Å². The van der Waals surface area contributed by atoms with E-state index >= 15 is 0 Å². The zero-order chi connectivity index (χ0) is 14.5. The van der Waals surface area contributed by atoms with Crippen molar-refractivity contribution >= 4 is 11.6 Å². The van der Waals surface area contributed by atoms with Crippen LogP contribution in [-0.4, -0.2) is 49.6 Å². The molecule has 0 bridgehead atoms. The summed E-state index contributed by atoms with van der Waals surface area (Å²) in [7, 11) is 0. The molecule has 0 aliphatic carbocycles. The minimum Gasteiger partial charge on any atom is -0.314 e. The van der Waals surface area contributed by atoms with E-state index in [1.54, 1.807) is 0 Å². The van der Waals surface area contributed by atoms with Crippen molar-refractivity contribution in [2.45, 2.75) is 26.8 Å². The average Bonchev–Trinajstić information content (AvgIpc) is 2.50. The van der Waals surface area contributed by atoms with Gasteiger partial charge in [0, 0.05) is 38.4 Å². The van der Waals surface area contributed by atoms with Crippen molar-refractivity contribution in [3.8, 4) is 0 Å². The van der Waals surface area contributed by atoms with E-state index in [2.05, 4.69) is 23.2 Å². The summed E-state index contributed by atoms with van der Waals surface area (Å²) in [6, 6.07) is 8.03. The zero-order valence-electron chi connectivity index (χ0n) is 12.7. The third-order valence-corrected chi connectivity index (χ3v) is 4.05. The Bertz CT molecular complexity index is 455. The molecule has 0 aromatic heterocycles. The van der Waals surface area contributed by atoms with Crippen LogP contribution < -0.4 is 10.2 Å². The van der Waals surface area contributed by atoms with Gasteiger partial charge in [0.1, 0.15) is 0 Å². The van der Waals surface area contributed by atoms with Crippen molar-refractivity contribution in [3.05, 3.63) is 29.8 Å². The summed E-state index contributed by atoms with van der Waals surface area (Å²) in [5.41, 5.74) is 2.18. The second kappa shape index (κ2) is 6.86. The number of para-hydroxylation sites is 1. The number of likely N-dealkylation sites (N-methyl/N-ethyl adjacent to an activating group) is 1. The lowest BCUT2D eigenvalue weighted by molar-refractivity contribution is -0.123. The first-order valence-electron chi connectivity index (χ1n) is 7.47. The highest BCUT2D eigenvalue weighted by atomic mass is 16.2. The Labute approximate surface area is 121 Å². The van der Waals surface area contributed by atoms with Gasteiger partial charge in [-0.2, -0.15) is 0 Å². The largest absolute Gasteiger partial charge is 0.314 e. The molecule has 4 heteroatoms. The fourth-order valence-electron chi connectivity index (χ4n) is 2.76. The highest BCUT2D eigenvalue weighted by Crippen LogP contribution is 2.21. The van der Waals surface area contributed by atoms with Gasteiger partial charge in [-0.1, -0.05) is 18.2 Å². The number of rotatable bonds is 4. The van der Waals surface area contributed by atoms with Gasteiger partial charge in [0.15, 0.2) is 0 Å². The molecule has 1 N–H and O–H groups in total. The third kappa shape index (κ3) is 3.19. The second-order valence-electron chi connectivity index (χ2n) is 5.33. The highest BCUT2D eigenvalue weighted by Gasteiger charge is 2.27. The Morgan fingerprint density at radius 3 is 2.60 bits per heavy atom. The van der Waals surface area contributed by atoms with Crippen molar-refractivity contribution in [2.24, 2.45) is 0 Å². The van der Waals surface area contributed by atoms with Crippen LogP contribution in [0.3, 0.4) is 0 Å². The first-order valence-corrected chi connectivity index (χ1v) is 7.47. The summed E-state index contributed by atoms with van der Waals surface area (Å²) >= 11 is 0. The molecule has 0 spiro atoms. The summed E-state index contributed by atoms with van der Waals surface area (Å²) < 4.78 is 0. The summed E-state index contributed by atoms with van der Waals surface area (Å²) in [5.74, 6) is 0.198. The maximum Gasteiger partial charge on any atom is 0.244 e. The number of hydrogen-bond acceptors (Lipinski definition) is 3. The molecule has 20 heavy (non-hydrogen) atoms. The number of benzene rings is 1. The molecule has 1 unspecified atom stereocenters. The van der Waals surface area contributed by atoms with Crippen LogP contribution in [0.2, 0.25) is 0 Å². The normalized spacial score (nSPS) is 17.8. The van der Waals surface area contributed by atoms with Gasteiger partial charge in [-0.3, -0.25) is 9.69 Å². The summed E-state index contributed by atoms with van der Waals surface area (Å²) in [4.78, 5) is 17.0. The molecular weight excluding hydrogens is 250 g/mol. The van der Waals surface area contributed by atoms with E-state index in [0.29, 0.717) is 6.54 Å². The Morgan fingerprint density at radius 1 is 1.35 bits per heavy atom. The number of hydrogen-bond donors (Lipinski definition) is 1. The minimum absolute atomic E-state index is 0.0587. The monoisotopic (exact) mass is 275 g/mol. The van der Waals surface area contributed by atoms with Crippen LogP contribution >= 0.6 is 0 Å². The predicted octanol–water partition coefficient (Wildman–Crippen LogP) is 1.64. The number of carbonyl (C=O) groups is 1. The molecular formula is C16H25N3O. The fourth-order valence-corrected chi connectivity index (χ4v) is 2.76. The van der Waals surface area contributed by atoms with Crippen LogP contribution in [-0.2, 0) is 4.79 Å². The van der Waals surface area contributed by atoms with E-state index in [1.165, 1.54) is 0 Å². The number of anilines is 1. The van der Waals surface area contributed by atoms with Gasteiger partial charge in [0.2, 0.25) is 5.91 Å². The molecule has 2 rings (SSSR count). The van der Waals surface area contributed by atoms with Crippen molar-refractivity contribution in [2.75, 3.05) is 37.6 Å². The van der Waals surface area contributed by atoms with Crippen molar-refractivity contribution in [3.63, 3.8) is 0 Å². The Hall–Kier alpha value is -1.39. The smallest absolute Gasteiger partial charge is 0.244 e. The number of aryl methyl sites for hydroxylation is 1. The molecule has 0 saturated carbocycles. The topological polar surface area (TPSA) is 35.6 Å². The van der Waals surface area contributed by atoms with Gasteiger partial charge in [0.25, 0.3) is 0 Å². The number of piperazine rings is 1. The lowest BCUT2D eigenvalue weighted by Gasteiger charge is -2.35. The molecule has 1 aliphatic rings. The fraction of sp³-hybridized carbons (Fsp3) is 0.562. The molecule has 1 aromatic carbocycles. The molecule has 4 nitrogen and oxygen atoms in total. The molecule has 110 valence electrons. The van der Waals surface area contributed by atoms with Crippen molar-refractivity contribution < 1.29 is 4.79 Å². The number of carbonyl (C=O) groups excluding carboxylic acids is 1. The van der Waals surface area contributed by atoms with Gasteiger partial charge in [-0.15, -0.1) is 0 Å².